The van der Waals surface area contributed by atoms with Crippen LogP contribution in [-0.4, -0.2) is 49.0 Å². The number of ether oxygens (including phenoxy) is 1. The van der Waals surface area contributed by atoms with Gasteiger partial charge in [-0.15, -0.1) is 0 Å². The predicted octanol–water partition coefficient (Wildman–Crippen LogP) is 2.98. The summed E-state index contributed by atoms with van der Waals surface area (Å²) in [5, 5.41) is 0. The fraction of sp³-hybridized carbons (Fsp3) is 0.562. The second kappa shape index (κ2) is 5.49. The van der Waals surface area contributed by atoms with Crippen LogP contribution in [0.3, 0.4) is 0 Å². The van der Waals surface area contributed by atoms with Crippen LogP contribution in [0.1, 0.15) is 28.8 Å². The smallest absolute Gasteiger partial charge is 0.254 e. The Bertz CT molecular complexity index is 598. The van der Waals surface area contributed by atoms with Gasteiger partial charge in [0.25, 0.3) is 5.91 Å². The van der Waals surface area contributed by atoms with Crippen molar-refractivity contribution in [3.05, 3.63) is 29.3 Å². The van der Waals surface area contributed by atoms with Crippen molar-refractivity contribution in [3.63, 3.8) is 0 Å². The quantitative estimate of drug-likeness (QED) is 0.807. The van der Waals surface area contributed by atoms with Gasteiger partial charge in [-0.1, -0.05) is 6.07 Å². The van der Waals surface area contributed by atoms with E-state index in [1.165, 1.54) is 0 Å². The summed E-state index contributed by atoms with van der Waals surface area (Å²) in [5.41, 5.74) is 2.14. The van der Waals surface area contributed by atoms with Crippen LogP contribution >= 0.6 is 7.14 Å². The standard InChI is InChI=1S/C16H22NO3P/c1-12-3-4-13(11-15(12)20-2)16(18)17-7-9-21(19,10-8-17)14-5-6-14/h3-4,11,14H,5-10H2,1-2H3. The maximum atomic E-state index is 12.7. The minimum absolute atomic E-state index is 0.0235. The number of hydrogen-bond donors (Lipinski definition) is 0. The number of methoxy groups -OCH3 is 1. The number of aryl methyl sites for hydroxylation is 1. The zero-order valence-corrected chi connectivity index (χ0v) is 13.6. The Kier molecular flexibility index (Phi) is 3.83. The third-order valence-corrected chi connectivity index (χ3v) is 8.41. The minimum Gasteiger partial charge on any atom is -0.496 e. The molecule has 1 amide bonds. The number of hydrogen-bond acceptors (Lipinski definition) is 3. The summed E-state index contributed by atoms with van der Waals surface area (Å²) in [6.07, 6.45) is 3.65. The molecule has 0 bridgehead atoms. The van der Waals surface area contributed by atoms with E-state index in [4.69, 9.17) is 4.74 Å². The van der Waals surface area contributed by atoms with Crippen LogP contribution in [0.5, 0.6) is 5.75 Å². The number of carbonyl (C=O) groups is 1. The van der Waals surface area contributed by atoms with Crippen molar-refractivity contribution in [2.75, 3.05) is 32.5 Å². The fourth-order valence-electron chi connectivity index (χ4n) is 3.05. The monoisotopic (exact) mass is 307 g/mol. The van der Waals surface area contributed by atoms with E-state index in [1.807, 2.05) is 24.0 Å². The van der Waals surface area contributed by atoms with Gasteiger partial charge in [-0.3, -0.25) is 4.79 Å². The molecule has 0 unspecified atom stereocenters. The van der Waals surface area contributed by atoms with Crippen molar-refractivity contribution in [1.82, 2.24) is 4.90 Å². The normalized spacial score (nSPS) is 21.1. The van der Waals surface area contributed by atoms with Crippen LogP contribution in [0.25, 0.3) is 0 Å². The van der Waals surface area contributed by atoms with Crippen LogP contribution in [-0.2, 0) is 4.57 Å². The highest BCUT2D eigenvalue weighted by Crippen LogP contribution is 2.61. The third-order valence-electron chi connectivity index (χ3n) is 4.65. The average molecular weight is 307 g/mol. The molecule has 5 heteroatoms. The van der Waals surface area contributed by atoms with Crippen LogP contribution in [0.4, 0.5) is 0 Å². The van der Waals surface area contributed by atoms with Gasteiger partial charge < -0.3 is 14.2 Å². The summed E-state index contributed by atoms with van der Waals surface area (Å²) >= 11 is 0. The molecule has 0 N–H and O–H groups in total. The molecule has 1 aromatic carbocycles. The summed E-state index contributed by atoms with van der Waals surface area (Å²) < 4.78 is 18.0. The molecule has 2 fully saturated rings. The van der Waals surface area contributed by atoms with Crippen LogP contribution in [0, 0.1) is 6.92 Å². The first-order valence-electron chi connectivity index (χ1n) is 7.55. The number of benzene rings is 1. The highest BCUT2D eigenvalue weighted by molar-refractivity contribution is 7.65. The predicted molar refractivity (Wildman–Crippen MR) is 84.0 cm³/mol. The highest BCUT2D eigenvalue weighted by atomic mass is 31.2. The first kappa shape index (κ1) is 14.6. The molecule has 0 aromatic heterocycles. The van der Waals surface area contributed by atoms with Gasteiger partial charge in [-0.25, -0.2) is 0 Å². The van der Waals surface area contributed by atoms with Gasteiger partial charge in [-0.2, -0.15) is 0 Å². The number of amides is 1. The molecule has 1 saturated heterocycles. The van der Waals surface area contributed by atoms with E-state index >= 15 is 0 Å². The van der Waals surface area contributed by atoms with Gasteiger partial charge in [-0.05, 0) is 37.5 Å². The van der Waals surface area contributed by atoms with E-state index in [-0.39, 0.29) is 5.91 Å². The molecule has 3 rings (SSSR count). The molecule has 2 aliphatic rings. The molecule has 1 aromatic rings. The second-order valence-electron chi connectivity index (χ2n) is 6.11. The van der Waals surface area contributed by atoms with Gasteiger partial charge in [0.1, 0.15) is 5.75 Å². The fourth-order valence-corrected chi connectivity index (χ4v) is 6.26. The Labute approximate surface area is 125 Å². The summed E-state index contributed by atoms with van der Waals surface area (Å²) in [7, 11) is -0.370. The molecule has 0 radical (unpaired) electrons. The first-order valence-corrected chi connectivity index (χ1v) is 9.70. The molecule has 1 heterocycles. The lowest BCUT2D eigenvalue weighted by molar-refractivity contribution is 0.0769. The molecular weight excluding hydrogens is 285 g/mol. The lowest BCUT2D eigenvalue weighted by Crippen LogP contribution is -2.40. The third kappa shape index (κ3) is 2.87. The Balaban J connectivity index is 1.70. The van der Waals surface area contributed by atoms with Gasteiger partial charge in [0, 0.05) is 36.6 Å². The summed E-state index contributed by atoms with van der Waals surface area (Å²) in [6, 6.07) is 5.55. The van der Waals surface area contributed by atoms with Crippen LogP contribution in [0.15, 0.2) is 18.2 Å². The SMILES string of the molecule is COc1cc(C(=O)N2CCP(=O)(C3CC3)CC2)ccc1C. The number of carbonyl (C=O) groups excluding carboxylic acids is 1. The Morgan fingerprint density at radius 1 is 1.29 bits per heavy atom. The van der Waals surface area contributed by atoms with Crippen molar-refractivity contribution >= 4 is 13.0 Å². The molecule has 1 aliphatic heterocycles. The molecule has 21 heavy (non-hydrogen) atoms. The summed E-state index contributed by atoms with van der Waals surface area (Å²) in [4.78, 5) is 14.4. The van der Waals surface area contributed by atoms with E-state index in [9.17, 15) is 9.36 Å². The average Bonchev–Trinajstić information content (AvgIpc) is 3.33. The van der Waals surface area contributed by atoms with Crippen molar-refractivity contribution in [2.24, 2.45) is 0 Å². The molecule has 0 spiro atoms. The van der Waals surface area contributed by atoms with E-state index in [0.717, 1.165) is 24.2 Å². The van der Waals surface area contributed by atoms with E-state index in [2.05, 4.69) is 0 Å². The first-order chi connectivity index (χ1) is 10.0. The maximum Gasteiger partial charge on any atom is 0.254 e. The minimum atomic E-state index is -1.98. The van der Waals surface area contributed by atoms with Crippen LogP contribution < -0.4 is 4.74 Å². The van der Waals surface area contributed by atoms with Gasteiger partial charge in [0.2, 0.25) is 0 Å². The lowest BCUT2D eigenvalue weighted by Gasteiger charge is -2.32. The number of nitrogens with zero attached hydrogens (tertiary/aromatic N) is 1. The van der Waals surface area contributed by atoms with E-state index < -0.39 is 7.14 Å². The van der Waals surface area contributed by atoms with Crippen molar-refractivity contribution in [2.45, 2.75) is 25.4 Å². The zero-order valence-electron chi connectivity index (χ0n) is 12.7. The maximum absolute atomic E-state index is 12.7. The lowest BCUT2D eigenvalue weighted by atomic mass is 10.1. The Morgan fingerprint density at radius 3 is 2.52 bits per heavy atom. The second-order valence-corrected chi connectivity index (χ2v) is 9.64. The van der Waals surface area contributed by atoms with Crippen molar-refractivity contribution in [1.29, 1.82) is 0 Å². The highest BCUT2D eigenvalue weighted by Gasteiger charge is 2.43. The molecule has 4 nitrogen and oxygen atoms in total. The largest absolute Gasteiger partial charge is 0.496 e. The Morgan fingerprint density at radius 2 is 1.95 bits per heavy atom. The molecule has 1 aliphatic carbocycles. The molecule has 0 atom stereocenters. The number of rotatable bonds is 3. The van der Waals surface area contributed by atoms with E-state index in [0.29, 0.717) is 36.6 Å². The van der Waals surface area contributed by atoms with Gasteiger partial charge in [0.05, 0.1) is 14.3 Å². The van der Waals surface area contributed by atoms with E-state index in [1.54, 1.807) is 13.2 Å². The summed E-state index contributed by atoms with van der Waals surface area (Å²) in [6.45, 7) is 3.21. The summed E-state index contributed by atoms with van der Waals surface area (Å²) in [5.74, 6) is 0.761. The molecule has 1 saturated carbocycles. The van der Waals surface area contributed by atoms with Crippen molar-refractivity contribution in [3.8, 4) is 5.75 Å². The van der Waals surface area contributed by atoms with Gasteiger partial charge in [0.15, 0.2) is 0 Å². The Hall–Kier alpha value is -1.28. The zero-order chi connectivity index (χ0) is 15.0. The van der Waals surface area contributed by atoms with Crippen molar-refractivity contribution < 1.29 is 14.1 Å². The van der Waals surface area contributed by atoms with Crippen LogP contribution in [0.2, 0.25) is 0 Å². The molecule has 114 valence electrons. The molecular formula is C16H22NO3P. The van der Waals surface area contributed by atoms with Gasteiger partial charge >= 0.3 is 0 Å². The topological polar surface area (TPSA) is 46.6 Å².